The zero-order valence-electron chi connectivity index (χ0n) is 10.0. The molecule has 7 heteroatoms. The van der Waals surface area contributed by atoms with Gasteiger partial charge in [-0.2, -0.15) is 5.26 Å². The summed E-state index contributed by atoms with van der Waals surface area (Å²) in [5.41, 5.74) is 1.91. The van der Waals surface area contributed by atoms with Gasteiger partial charge in [-0.1, -0.05) is 23.5 Å². The Hall–Kier alpha value is -2.46. The highest BCUT2D eigenvalue weighted by molar-refractivity contribution is 7.13. The van der Waals surface area contributed by atoms with E-state index in [1.165, 1.54) is 16.8 Å². The Morgan fingerprint density at radius 1 is 1.53 bits per heavy atom. The summed E-state index contributed by atoms with van der Waals surface area (Å²) in [5.74, 6) is 0.0365. The van der Waals surface area contributed by atoms with Gasteiger partial charge in [0.1, 0.15) is 17.3 Å². The molecule has 1 atom stereocenters. The lowest BCUT2D eigenvalue weighted by atomic mass is 10.2. The molecule has 0 aliphatic heterocycles. The number of nitrogens with one attached hydrogen (secondary N) is 1. The number of para-hydroxylation sites is 1. The van der Waals surface area contributed by atoms with Gasteiger partial charge in [-0.3, -0.25) is 10.1 Å². The van der Waals surface area contributed by atoms with E-state index in [1.54, 1.807) is 31.2 Å². The predicted molar refractivity (Wildman–Crippen MR) is 69.8 cm³/mol. The quantitative estimate of drug-likeness (QED) is 0.918. The molecule has 96 valence electrons. The highest BCUT2D eigenvalue weighted by atomic mass is 32.1. The Balaban J connectivity index is 2.02. The van der Waals surface area contributed by atoms with Gasteiger partial charge in [0.25, 0.3) is 5.91 Å². The Bertz CT molecular complexity index is 606. The van der Waals surface area contributed by atoms with Gasteiger partial charge >= 0.3 is 0 Å². The molecule has 0 fully saturated rings. The second-order valence-electron chi connectivity index (χ2n) is 3.60. The van der Waals surface area contributed by atoms with Crippen molar-refractivity contribution in [3.8, 4) is 11.8 Å². The molecule has 1 aromatic heterocycles. The molecule has 2 rings (SSSR count). The molecule has 0 saturated heterocycles. The van der Waals surface area contributed by atoms with Crippen molar-refractivity contribution >= 4 is 22.4 Å². The summed E-state index contributed by atoms with van der Waals surface area (Å²) < 4.78 is 5.47. The van der Waals surface area contributed by atoms with Crippen LogP contribution in [-0.2, 0) is 4.79 Å². The number of hydrogen-bond donors (Lipinski definition) is 1. The van der Waals surface area contributed by atoms with Gasteiger partial charge in [-0.25, -0.2) is 0 Å². The minimum atomic E-state index is -0.738. The number of benzene rings is 1. The minimum absolute atomic E-state index is 0.343. The molecule has 0 aliphatic carbocycles. The fraction of sp³-hybridized carbons (Fsp3) is 0.167. The maximum atomic E-state index is 11.8. The van der Waals surface area contributed by atoms with E-state index in [9.17, 15) is 4.79 Å². The first-order valence-electron chi connectivity index (χ1n) is 5.43. The van der Waals surface area contributed by atoms with Crippen LogP contribution in [0.25, 0.3) is 0 Å². The number of ether oxygens (including phenoxy) is 1. The van der Waals surface area contributed by atoms with E-state index in [4.69, 9.17) is 10.00 Å². The van der Waals surface area contributed by atoms with E-state index in [1.807, 2.05) is 6.07 Å². The van der Waals surface area contributed by atoms with Gasteiger partial charge in [-0.15, -0.1) is 10.2 Å². The number of hydrogen-bond acceptors (Lipinski definition) is 6. The summed E-state index contributed by atoms with van der Waals surface area (Å²) >= 11 is 1.22. The first-order chi connectivity index (χ1) is 9.20. The molecule has 0 spiro atoms. The van der Waals surface area contributed by atoms with E-state index >= 15 is 0 Å². The lowest BCUT2D eigenvalue weighted by Gasteiger charge is -2.14. The van der Waals surface area contributed by atoms with Crippen molar-refractivity contribution in [3.05, 3.63) is 35.3 Å². The fourth-order valence-corrected chi connectivity index (χ4v) is 1.79. The molecule has 1 aromatic carbocycles. The van der Waals surface area contributed by atoms with E-state index < -0.39 is 6.10 Å². The Kier molecular flexibility index (Phi) is 4.05. The standard InChI is InChI=1S/C12H10N4O2S/c1-8(11(17)15-12-16-14-7-19-12)18-10-5-3-2-4-9(10)6-13/h2-5,7-8H,1H3,(H,15,16,17)/t8-/m0/s1. The van der Waals surface area contributed by atoms with E-state index in [0.717, 1.165) is 0 Å². The summed E-state index contributed by atoms with van der Waals surface area (Å²) in [5, 5.41) is 19.2. The lowest BCUT2D eigenvalue weighted by Crippen LogP contribution is -2.30. The molecule has 2 aromatic rings. The first-order valence-corrected chi connectivity index (χ1v) is 6.31. The van der Waals surface area contributed by atoms with E-state index in [2.05, 4.69) is 15.5 Å². The Morgan fingerprint density at radius 3 is 3.00 bits per heavy atom. The van der Waals surface area contributed by atoms with Gasteiger partial charge in [0.15, 0.2) is 6.10 Å². The largest absolute Gasteiger partial charge is 0.480 e. The normalized spacial score (nSPS) is 11.4. The lowest BCUT2D eigenvalue weighted by molar-refractivity contribution is -0.122. The van der Waals surface area contributed by atoms with Crippen molar-refractivity contribution in [1.29, 1.82) is 5.26 Å². The van der Waals surface area contributed by atoms with E-state index in [-0.39, 0.29) is 5.91 Å². The first kappa shape index (κ1) is 13.0. The highest BCUT2D eigenvalue weighted by Gasteiger charge is 2.17. The van der Waals surface area contributed by atoms with E-state index in [0.29, 0.717) is 16.4 Å². The topological polar surface area (TPSA) is 87.9 Å². The number of carbonyl (C=O) groups excluding carboxylic acids is 1. The van der Waals surface area contributed by atoms with Crippen LogP contribution in [0.3, 0.4) is 0 Å². The Morgan fingerprint density at radius 2 is 2.32 bits per heavy atom. The van der Waals surface area contributed by atoms with Crippen molar-refractivity contribution < 1.29 is 9.53 Å². The van der Waals surface area contributed by atoms with Gasteiger partial charge in [0, 0.05) is 0 Å². The second-order valence-corrected chi connectivity index (χ2v) is 4.43. The fourth-order valence-electron chi connectivity index (χ4n) is 1.34. The number of nitriles is 1. The molecule has 0 unspecified atom stereocenters. The number of nitrogens with zero attached hydrogens (tertiary/aromatic N) is 3. The maximum absolute atomic E-state index is 11.8. The minimum Gasteiger partial charge on any atom is -0.480 e. The molecule has 1 amide bonds. The van der Waals surface area contributed by atoms with Crippen LogP contribution in [0, 0.1) is 11.3 Å². The smallest absolute Gasteiger partial charge is 0.266 e. The SMILES string of the molecule is C[C@H](Oc1ccccc1C#N)C(=O)Nc1nncs1. The molecule has 1 N–H and O–H groups in total. The molecular formula is C12H10N4O2S. The third-order valence-electron chi connectivity index (χ3n) is 2.27. The van der Waals surface area contributed by atoms with Crippen LogP contribution >= 0.6 is 11.3 Å². The monoisotopic (exact) mass is 274 g/mol. The van der Waals surface area contributed by atoms with Crippen molar-refractivity contribution in [2.45, 2.75) is 13.0 Å². The van der Waals surface area contributed by atoms with Crippen LogP contribution in [0.2, 0.25) is 0 Å². The molecular weight excluding hydrogens is 264 g/mol. The highest BCUT2D eigenvalue weighted by Crippen LogP contribution is 2.18. The zero-order valence-corrected chi connectivity index (χ0v) is 10.8. The summed E-state index contributed by atoms with van der Waals surface area (Å²) in [6.45, 7) is 1.60. The molecule has 0 aliphatic rings. The van der Waals surface area contributed by atoms with Crippen molar-refractivity contribution in [3.63, 3.8) is 0 Å². The Labute approximate surface area is 113 Å². The summed E-state index contributed by atoms with van der Waals surface area (Å²) in [7, 11) is 0. The number of rotatable bonds is 4. The molecule has 0 saturated carbocycles. The van der Waals surface area contributed by atoms with Gasteiger partial charge in [0.2, 0.25) is 5.13 Å². The molecule has 1 heterocycles. The van der Waals surface area contributed by atoms with Crippen LogP contribution in [0.5, 0.6) is 5.75 Å². The van der Waals surface area contributed by atoms with Crippen LogP contribution < -0.4 is 10.1 Å². The van der Waals surface area contributed by atoms with Crippen LogP contribution in [-0.4, -0.2) is 22.2 Å². The summed E-state index contributed by atoms with van der Waals surface area (Å²) in [6, 6.07) is 8.76. The molecule has 19 heavy (non-hydrogen) atoms. The zero-order chi connectivity index (χ0) is 13.7. The third-order valence-corrected chi connectivity index (χ3v) is 2.88. The molecule has 0 bridgehead atoms. The predicted octanol–water partition coefficient (Wildman–Crippen LogP) is 1.82. The van der Waals surface area contributed by atoms with Gasteiger partial charge in [0.05, 0.1) is 5.56 Å². The average Bonchev–Trinajstić information content (AvgIpc) is 2.92. The number of carbonyl (C=O) groups is 1. The second kappa shape index (κ2) is 5.93. The van der Waals surface area contributed by atoms with Gasteiger partial charge in [-0.05, 0) is 19.1 Å². The number of anilines is 1. The van der Waals surface area contributed by atoms with Crippen molar-refractivity contribution in [2.75, 3.05) is 5.32 Å². The molecule has 6 nitrogen and oxygen atoms in total. The number of aromatic nitrogens is 2. The molecule has 0 radical (unpaired) electrons. The summed E-state index contributed by atoms with van der Waals surface area (Å²) in [6.07, 6.45) is -0.738. The number of amides is 1. The van der Waals surface area contributed by atoms with Crippen LogP contribution in [0.4, 0.5) is 5.13 Å². The third kappa shape index (κ3) is 3.26. The van der Waals surface area contributed by atoms with Crippen LogP contribution in [0.15, 0.2) is 29.8 Å². The van der Waals surface area contributed by atoms with Crippen molar-refractivity contribution in [1.82, 2.24) is 10.2 Å². The maximum Gasteiger partial charge on any atom is 0.266 e. The van der Waals surface area contributed by atoms with Crippen LogP contribution in [0.1, 0.15) is 12.5 Å². The van der Waals surface area contributed by atoms with Crippen molar-refractivity contribution in [2.24, 2.45) is 0 Å². The van der Waals surface area contributed by atoms with Gasteiger partial charge < -0.3 is 4.74 Å². The average molecular weight is 274 g/mol. The summed E-state index contributed by atoms with van der Waals surface area (Å²) in [4.78, 5) is 11.8.